The Kier molecular flexibility index (Phi) is 5.95. The van der Waals surface area contributed by atoms with E-state index in [0.717, 1.165) is 33.8 Å². The summed E-state index contributed by atoms with van der Waals surface area (Å²) in [5, 5.41) is 4.78. The molecule has 3 rings (SSSR count). The number of rotatable bonds is 5. The SMILES string of the molecule is Cc1c(Cl)cccc1-n1c(C)cc(/C=N/NC(=O)Cc2ccc(F)cc2)c1C. The monoisotopic (exact) mass is 397 g/mol. The van der Waals surface area contributed by atoms with Gasteiger partial charge in [0.1, 0.15) is 5.82 Å². The molecule has 0 saturated carbocycles. The third-order valence-corrected chi connectivity index (χ3v) is 5.03. The fourth-order valence-electron chi connectivity index (χ4n) is 3.13. The number of hydrogen-bond donors (Lipinski definition) is 1. The second-order valence-electron chi connectivity index (χ2n) is 6.64. The fraction of sp³-hybridized carbons (Fsp3) is 0.182. The largest absolute Gasteiger partial charge is 0.318 e. The van der Waals surface area contributed by atoms with Gasteiger partial charge in [0.15, 0.2) is 0 Å². The molecular weight excluding hydrogens is 377 g/mol. The summed E-state index contributed by atoms with van der Waals surface area (Å²) in [6, 6.07) is 13.6. The maximum Gasteiger partial charge on any atom is 0.244 e. The van der Waals surface area contributed by atoms with Gasteiger partial charge in [-0.05, 0) is 62.2 Å². The number of carbonyl (C=O) groups is 1. The predicted octanol–water partition coefficient (Wildman–Crippen LogP) is 4.89. The van der Waals surface area contributed by atoms with Crippen molar-refractivity contribution in [3.8, 4) is 5.69 Å². The highest BCUT2D eigenvalue weighted by atomic mass is 35.5. The summed E-state index contributed by atoms with van der Waals surface area (Å²) in [7, 11) is 0. The normalized spacial score (nSPS) is 11.2. The molecule has 1 N–H and O–H groups in total. The van der Waals surface area contributed by atoms with Crippen LogP contribution in [0.25, 0.3) is 5.69 Å². The highest BCUT2D eigenvalue weighted by Crippen LogP contribution is 2.26. The highest BCUT2D eigenvalue weighted by molar-refractivity contribution is 6.31. The molecule has 1 heterocycles. The molecule has 0 radical (unpaired) electrons. The van der Waals surface area contributed by atoms with Crippen molar-refractivity contribution >= 4 is 23.7 Å². The second-order valence-corrected chi connectivity index (χ2v) is 7.05. The van der Waals surface area contributed by atoms with Crippen LogP contribution in [0.4, 0.5) is 4.39 Å². The minimum absolute atomic E-state index is 0.137. The average molecular weight is 398 g/mol. The van der Waals surface area contributed by atoms with Crippen LogP contribution < -0.4 is 5.43 Å². The molecule has 0 bridgehead atoms. The van der Waals surface area contributed by atoms with Gasteiger partial charge < -0.3 is 4.57 Å². The molecule has 0 atom stereocenters. The molecule has 6 heteroatoms. The number of aryl methyl sites for hydroxylation is 1. The molecular formula is C22H21ClFN3O. The van der Waals surface area contributed by atoms with Gasteiger partial charge in [-0.25, -0.2) is 9.82 Å². The van der Waals surface area contributed by atoms with Gasteiger partial charge in [-0.2, -0.15) is 5.10 Å². The van der Waals surface area contributed by atoms with E-state index in [1.165, 1.54) is 12.1 Å². The van der Waals surface area contributed by atoms with E-state index in [2.05, 4.69) is 15.1 Å². The van der Waals surface area contributed by atoms with Crippen LogP contribution in [0, 0.1) is 26.6 Å². The Morgan fingerprint density at radius 2 is 1.89 bits per heavy atom. The second kappa shape index (κ2) is 8.40. The minimum atomic E-state index is -0.326. The molecule has 4 nitrogen and oxygen atoms in total. The zero-order valence-corrected chi connectivity index (χ0v) is 16.7. The van der Waals surface area contributed by atoms with E-state index in [0.29, 0.717) is 5.02 Å². The average Bonchev–Trinajstić information content (AvgIpc) is 2.93. The predicted molar refractivity (Wildman–Crippen MR) is 111 cm³/mol. The standard InChI is InChI=1S/C22H21ClFN3O/c1-14-11-18(16(3)27(14)21-6-4-5-20(23)15(21)2)13-25-26-22(28)12-17-7-9-19(24)10-8-17/h4-11,13H,12H2,1-3H3,(H,26,28)/b25-13+. The number of aromatic nitrogens is 1. The van der Waals surface area contributed by atoms with E-state index in [9.17, 15) is 9.18 Å². The maximum absolute atomic E-state index is 12.9. The zero-order valence-electron chi connectivity index (χ0n) is 16.0. The first-order valence-corrected chi connectivity index (χ1v) is 9.25. The smallest absolute Gasteiger partial charge is 0.244 e. The molecule has 0 saturated heterocycles. The third-order valence-electron chi connectivity index (χ3n) is 4.62. The van der Waals surface area contributed by atoms with Crippen LogP contribution in [0.2, 0.25) is 5.02 Å². The van der Waals surface area contributed by atoms with Crippen molar-refractivity contribution in [2.24, 2.45) is 5.10 Å². The van der Waals surface area contributed by atoms with E-state index < -0.39 is 0 Å². The van der Waals surface area contributed by atoms with Crippen LogP contribution in [0.3, 0.4) is 0 Å². The van der Waals surface area contributed by atoms with Crippen LogP contribution in [0.15, 0.2) is 53.6 Å². The molecule has 0 spiro atoms. The summed E-state index contributed by atoms with van der Waals surface area (Å²) in [5.41, 5.74) is 8.21. The minimum Gasteiger partial charge on any atom is -0.318 e. The first-order valence-electron chi connectivity index (χ1n) is 8.87. The van der Waals surface area contributed by atoms with Gasteiger partial charge in [-0.15, -0.1) is 0 Å². The van der Waals surface area contributed by atoms with Crippen LogP contribution in [-0.4, -0.2) is 16.7 Å². The summed E-state index contributed by atoms with van der Waals surface area (Å²) >= 11 is 6.26. The number of nitrogens with one attached hydrogen (secondary N) is 1. The molecule has 1 aromatic heterocycles. The van der Waals surface area contributed by atoms with Gasteiger partial charge in [0.2, 0.25) is 5.91 Å². The Bertz CT molecular complexity index is 1040. The molecule has 0 aliphatic carbocycles. The quantitative estimate of drug-likeness (QED) is 0.483. The Balaban J connectivity index is 1.73. The molecule has 28 heavy (non-hydrogen) atoms. The van der Waals surface area contributed by atoms with E-state index in [4.69, 9.17) is 11.6 Å². The lowest BCUT2D eigenvalue weighted by Gasteiger charge is -2.13. The Morgan fingerprint density at radius 1 is 1.18 bits per heavy atom. The first-order chi connectivity index (χ1) is 13.4. The van der Waals surface area contributed by atoms with Gasteiger partial charge in [-0.1, -0.05) is 29.8 Å². The number of halogens is 2. The number of hydrogen-bond acceptors (Lipinski definition) is 2. The summed E-state index contributed by atoms with van der Waals surface area (Å²) < 4.78 is 15.0. The molecule has 0 aliphatic heterocycles. The molecule has 2 aromatic carbocycles. The lowest BCUT2D eigenvalue weighted by Crippen LogP contribution is -2.19. The summed E-state index contributed by atoms with van der Waals surface area (Å²) in [4.78, 5) is 12.0. The lowest BCUT2D eigenvalue weighted by atomic mass is 10.1. The van der Waals surface area contributed by atoms with Gasteiger partial charge in [0, 0.05) is 27.7 Å². The van der Waals surface area contributed by atoms with E-state index >= 15 is 0 Å². The van der Waals surface area contributed by atoms with Crippen molar-refractivity contribution in [1.29, 1.82) is 0 Å². The lowest BCUT2D eigenvalue weighted by molar-refractivity contribution is -0.120. The van der Waals surface area contributed by atoms with Crippen molar-refractivity contribution in [2.45, 2.75) is 27.2 Å². The number of nitrogens with zero attached hydrogens (tertiary/aromatic N) is 2. The number of benzene rings is 2. The van der Waals surface area contributed by atoms with Crippen LogP contribution >= 0.6 is 11.6 Å². The van der Waals surface area contributed by atoms with Gasteiger partial charge >= 0.3 is 0 Å². The molecule has 0 aliphatic rings. The maximum atomic E-state index is 12.9. The van der Waals surface area contributed by atoms with Crippen LogP contribution in [-0.2, 0) is 11.2 Å². The van der Waals surface area contributed by atoms with Crippen LogP contribution in [0.5, 0.6) is 0 Å². The first kappa shape index (κ1) is 19.8. The number of carbonyl (C=O) groups excluding carboxylic acids is 1. The number of amides is 1. The molecule has 1 amide bonds. The molecule has 0 unspecified atom stereocenters. The van der Waals surface area contributed by atoms with Gasteiger partial charge in [-0.3, -0.25) is 4.79 Å². The summed E-state index contributed by atoms with van der Waals surface area (Å²) in [6.45, 7) is 5.99. The molecule has 144 valence electrons. The Morgan fingerprint density at radius 3 is 2.61 bits per heavy atom. The molecule has 0 fully saturated rings. The van der Waals surface area contributed by atoms with Gasteiger partial charge in [0.05, 0.1) is 12.6 Å². The van der Waals surface area contributed by atoms with E-state index in [1.807, 2.05) is 45.0 Å². The number of hydrazone groups is 1. The van der Waals surface area contributed by atoms with Crippen molar-refractivity contribution in [2.75, 3.05) is 0 Å². The summed E-state index contributed by atoms with van der Waals surface area (Å²) in [6.07, 6.45) is 1.76. The van der Waals surface area contributed by atoms with Gasteiger partial charge in [0.25, 0.3) is 0 Å². The van der Waals surface area contributed by atoms with Crippen molar-refractivity contribution < 1.29 is 9.18 Å². The van der Waals surface area contributed by atoms with Crippen molar-refractivity contribution in [3.63, 3.8) is 0 Å². The fourth-order valence-corrected chi connectivity index (χ4v) is 3.30. The van der Waals surface area contributed by atoms with Crippen LogP contribution in [0.1, 0.15) is 28.1 Å². The topological polar surface area (TPSA) is 46.4 Å². The third kappa shape index (κ3) is 4.31. The highest BCUT2D eigenvalue weighted by Gasteiger charge is 2.12. The zero-order chi connectivity index (χ0) is 20.3. The van der Waals surface area contributed by atoms with E-state index in [1.54, 1.807) is 18.3 Å². The molecule has 3 aromatic rings. The van der Waals surface area contributed by atoms with Crippen molar-refractivity contribution in [1.82, 2.24) is 9.99 Å². The van der Waals surface area contributed by atoms with Crippen molar-refractivity contribution in [3.05, 3.63) is 87.4 Å². The van der Waals surface area contributed by atoms with E-state index in [-0.39, 0.29) is 18.1 Å². The summed E-state index contributed by atoms with van der Waals surface area (Å²) in [5.74, 6) is -0.588. The Labute approximate surface area is 168 Å². The Hall–Kier alpha value is -2.92.